The van der Waals surface area contributed by atoms with E-state index in [1.54, 1.807) is 55.6 Å². The van der Waals surface area contributed by atoms with E-state index in [2.05, 4.69) is 10.6 Å². The molecule has 0 saturated carbocycles. The quantitative estimate of drug-likeness (QED) is 0.411. The third-order valence-electron chi connectivity index (χ3n) is 6.70. The molecule has 0 aromatic heterocycles. The van der Waals surface area contributed by atoms with Crippen molar-refractivity contribution in [2.24, 2.45) is 0 Å². The number of carbonyl (C=O) groups is 1. The highest BCUT2D eigenvalue weighted by Crippen LogP contribution is 2.52. The number of rotatable bonds is 5. The van der Waals surface area contributed by atoms with Gasteiger partial charge in [0.15, 0.2) is 0 Å². The Kier molecular flexibility index (Phi) is 5.02. The second kappa shape index (κ2) is 7.90. The van der Waals surface area contributed by atoms with Gasteiger partial charge in [-0.3, -0.25) is 20.2 Å². The van der Waals surface area contributed by atoms with Gasteiger partial charge >= 0.3 is 0 Å². The van der Waals surface area contributed by atoms with E-state index in [9.17, 15) is 20.0 Å². The van der Waals surface area contributed by atoms with Crippen molar-refractivity contribution in [2.45, 2.75) is 30.0 Å². The van der Waals surface area contributed by atoms with E-state index < -0.39 is 23.5 Å². The molecular weight excluding hydrogens is 422 g/mol. The van der Waals surface area contributed by atoms with Crippen molar-refractivity contribution in [1.29, 1.82) is 0 Å². The number of fused-ring (bicyclic) bond motifs is 2. The molecule has 4 unspecified atom stereocenters. The number of hydrogen-bond donors (Lipinski definition) is 3. The van der Waals surface area contributed by atoms with Crippen molar-refractivity contribution in [3.05, 3.63) is 99.6 Å². The lowest BCUT2D eigenvalue weighted by Crippen LogP contribution is -2.49. The lowest BCUT2D eigenvalue weighted by atomic mass is 9.74. The second-order valence-corrected chi connectivity index (χ2v) is 8.46. The molecule has 33 heavy (non-hydrogen) atoms. The number of nitrogens with zero attached hydrogens (tertiary/aromatic N) is 1. The van der Waals surface area contributed by atoms with Crippen LogP contribution in [-0.4, -0.2) is 35.1 Å². The maximum atomic E-state index is 13.5. The molecular formula is C25H23N3O5. The molecule has 4 atom stereocenters. The number of phenolic OH excluding ortho intramolecular Hbond substituents is 1. The fourth-order valence-corrected chi connectivity index (χ4v) is 5.27. The first-order valence-corrected chi connectivity index (χ1v) is 10.7. The zero-order chi connectivity index (χ0) is 23.2. The molecule has 3 aromatic rings. The van der Waals surface area contributed by atoms with Gasteiger partial charge in [0.25, 0.3) is 0 Å². The standard InChI is InChI=1S/C25H23N3O5/c1-33-18-12-8-16(9-13-18)22-23(28(31)32)21(14-15-6-10-17(29)11-7-15)27-25(22)19-4-2-3-5-20(19)26-24(25)30/h2-13,21-23,27,29H,14H2,1H3,(H,26,30). The van der Waals surface area contributed by atoms with Gasteiger partial charge in [-0.2, -0.15) is 0 Å². The number of hydrogen-bond acceptors (Lipinski definition) is 6. The minimum absolute atomic E-state index is 0.126. The van der Waals surface area contributed by atoms with E-state index in [-0.39, 0.29) is 16.6 Å². The fourth-order valence-electron chi connectivity index (χ4n) is 5.27. The van der Waals surface area contributed by atoms with Crippen LogP contribution >= 0.6 is 0 Å². The van der Waals surface area contributed by atoms with Crippen LogP contribution in [-0.2, 0) is 16.8 Å². The number of anilines is 1. The van der Waals surface area contributed by atoms with Crippen molar-refractivity contribution >= 4 is 11.6 Å². The lowest BCUT2D eigenvalue weighted by Gasteiger charge is -2.29. The molecule has 3 aromatic carbocycles. The summed E-state index contributed by atoms with van der Waals surface area (Å²) < 4.78 is 5.26. The van der Waals surface area contributed by atoms with Crippen LogP contribution in [0.5, 0.6) is 11.5 Å². The van der Waals surface area contributed by atoms with Crippen molar-refractivity contribution in [3.63, 3.8) is 0 Å². The molecule has 2 aliphatic heterocycles. The molecule has 2 aliphatic rings. The summed E-state index contributed by atoms with van der Waals surface area (Å²) >= 11 is 0. The third-order valence-corrected chi connectivity index (χ3v) is 6.70. The predicted molar refractivity (Wildman–Crippen MR) is 122 cm³/mol. The minimum atomic E-state index is -1.29. The molecule has 8 nitrogen and oxygen atoms in total. The van der Waals surface area contributed by atoms with E-state index in [0.717, 1.165) is 5.56 Å². The summed E-state index contributed by atoms with van der Waals surface area (Å²) in [4.78, 5) is 25.7. The lowest BCUT2D eigenvalue weighted by molar-refractivity contribution is -0.526. The van der Waals surface area contributed by atoms with Crippen LogP contribution in [0.2, 0.25) is 0 Å². The Morgan fingerprint density at radius 1 is 1.06 bits per heavy atom. The largest absolute Gasteiger partial charge is 0.508 e. The van der Waals surface area contributed by atoms with E-state index >= 15 is 0 Å². The minimum Gasteiger partial charge on any atom is -0.508 e. The van der Waals surface area contributed by atoms with Gasteiger partial charge in [0, 0.05) is 16.2 Å². The number of aromatic hydroxyl groups is 1. The molecule has 0 aliphatic carbocycles. The number of nitro groups is 1. The Balaban J connectivity index is 1.66. The number of carbonyl (C=O) groups excluding carboxylic acids is 1. The van der Waals surface area contributed by atoms with Gasteiger partial charge in [0.05, 0.1) is 19.1 Å². The van der Waals surface area contributed by atoms with Crippen LogP contribution in [0.15, 0.2) is 72.8 Å². The van der Waals surface area contributed by atoms with Crippen molar-refractivity contribution in [3.8, 4) is 11.5 Å². The summed E-state index contributed by atoms with van der Waals surface area (Å²) in [7, 11) is 1.56. The summed E-state index contributed by atoms with van der Waals surface area (Å²) in [6.07, 6.45) is 0.329. The molecule has 168 valence electrons. The Morgan fingerprint density at radius 3 is 2.42 bits per heavy atom. The van der Waals surface area contributed by atoms with Crippen molar-refractivity contribution < 1.29 is 19.6 Å². The molecule has 5 rings (SSSR count). The smallest absolute Gasteiger partial charge is 0.250 e. The van der Waals surface area contributed by atoms with Gasteiger partial charge in [-0.15, -0.1) is 0 Å². The molecule has 3 N–H and O–H groups in total. The topological polar surface area (TPSA) is 114 Å². The van der Waals surface area contributed by atoms with Gasteiger partial charge in [-0.05, 0) is 47.9 Å². The summed E-state index contributed by atoms with van der Waals surface area (Å²) in [6.45, 7) is 0. The average molecular weight is 445 g/mol. The highest BCUT2D eigenvalue weighted by atomic mass is 16.6. The van der Waals surface area contributed by atoms with Gasteiger partial charge in [-0.1, -0.05) is 42.5 Å². The second-order valence-electron chi connectivity index (χ2n) is 8.46. The van der Waals surface area contributed by atoms with Crippen LogP contribution in [0.1, 0.15) is 22.6 Å². The Labute approximate surface area is 190 Å². The summed E-state index contributed by atoms with van der Waals surface area (Å²) in [5.74, 6) is -0.289. The molecule has 1 fully saturated rings. The Morgan fingerprint density at radius 2 is 1.76 bits per heavy atom. The SMILES string of the molecule is COc1ccc(C2C([N+](=O)[O-])C(Cc3ccc(O)cc3)NC23C(=O)Nc2ccccc23)cc1. The molecule has 2 heterocycles. The first-order valence-electron chi connectivity index (χ1n) is 10.7. The first kappa shape index (κ1) is 21.0. The molecule has 8 heteroatoms. The number of benzene rings is 3. The zero-order valence-corrected chi connectivity index (χ0v) is 17.9. The summed E-state index contributed by atoms with van der Waals surface area (Å²) in [6, 6.07) is 19.3. The van der Waals surface area contributed by atoms with Gasteiger partial charge in [-0.25, -0.2) is 0 Å². The molecule has 1 spiro atoms. The predicted octanol–water partition coefficient (Wildman–Crippen LogP) is 3.19. The monoisotopic (exact) mass is 445 g/mol. The van der Waals surface area contributed by atoms with Crippen LogP contribution in [0.25, 0.3) is 0 Å². The molecule has 0 radical (unpaired) electrons. The summed E-state index contributed by atoms with van der Waals surface area (Å²) in [5, 5.41) is 28.4. The van der Waals surface area contributed by atoms with Gasteiger partial charge in [0.2, 0.25) is 11.9 Å². The highest BCUT2D eigenvalue weighted by molar-refractivity contribution is 6.07. The van der Waals surface area contributed by atoms with E-state index in [4.69, 9.17) is 4.74 Å². The number of para-hydroxylation sites is 1. The number of amides is 1. The number of nitrogens with one attached hydrogen (secondary N) is 2. The maximum absolute atomic E-state index is 13.5. The van der Waals surface area contributed by atoms with Crippen molar-refractivity contribution in [2.75, 3.05) is 12.4 Å². The average Bonchev–Trinajstić information content (AvgIpc) is 3.30. The number of ether oxygens (including phenoxy) is 1. The number of methoxy groups -OCH3 is 1. The fraction of sp³-hybridized carbons (Fsp3) is 0.240. The van der Waals surface area contributed by atoms with Crippen LogP contribution < -0.4 is 15.4 Å². The van der Waals surface area contributed by atoms with Gasteiger partial charge < -0.3 is 15.2 Å². The van der Waals surface area contributed by atoms with E-state index in [1.807, 2.05) is 24.3 Å². The Bertz CT molecular complexity index is 1210. The van der Waals surface area contributed by atoms with Crippen LogP contribution in [0.3, 0.4) is 0 Å². The van der Waals surface area contributed by atoms with Crippen LogP contribution in [0.4, 0.5) is 5.69 Å². The van der Waals surface area contributed by atoms with Crippen molar-refractivity contribution in [1.82, 2.24) is 5.32 Å². The Hall–Kier alpha value is -3.91. The summed E-state index contributed by atoms with van der Waals surface area (Å²) in [5.41, 5.74) is 1.58. The molecule has 1 saturated heterocycles. The maximum Gasteiger partial charge on any atom is 0.250 e. The molecule has 0 bridgehead atoms. The van der Waals surface area contributed by atoms with E-state index in [1.165, 1.54) is 0 Å². The third kappa shape index (κ3) is 3.30. The van der Waals surface area contributed by atoms with E-state index in [0.29, 0.717) is 29.0 Å². The van der Waals surface area contributed by atoms with Crippen LogP contribution in [0, 0.1) is 10.1 Å². The highest BCUT2D eigenvalue weighted by Gasteiger charge is 2.66. The number of phenols is 1. The zero-order valence-electron chi connectivity index (χ0n) is 17.9. The molecule has 1 amide bonds. The first-order chi connectivity index (χ1) is 15.9. The normalized spacial score (nSPS) is 25.6. The van der Waals surface area contributed by atoms with Gasteiger partial charge in [0.1, 0.15) is 17.0 Å².